The van der Waals surface area contributed by atoms with Crippen molar-refractivity contribution in [3.63, 3.8) is 0 Å². The zero-order valence-corrected chi connectivity index (χ0v) is 14.5. The standard InChI is InChI=1S/C19H26N2O4/c22-17(10-7-15-5-8-16(9-6-15)19(24)25)20-12-11-18(23)21-13-3-1-2-4-14-21/h5-6,8-9H,1-4,7,10-14H2,(H,20,22)(H,24,25). The highest BCUT2D eigenvalue weighted by molar-refractivity contribution is 5.87. The molecule has 2 rings (SSSR count). The normalized spacial score (nSPS) is 14.6. The van der Waals surface area contributed by atoms with Crippen molar-refractivity contribution >= 4 is 17.8 Å². The molecule has 25 heavy (non-hydrogen) atoms. The summed E-state index contributed by atoms with van der Waals surface area (Å²) >= 11 is 0. The predicted molar refractivity (Wildman–Crippen MR) is 94.4 cm³/mol. The molecule has 1 aromatic rings. The summed E-state index contributed by atoms with van der Waals surface area (Å²) < 4.78 is 0. The molecule has 1 fully saturated rings. The molecule has 0 spiro atoms. The molecule has 1 aliphatic heterocycles. The van der Waals surface area contributed by atoms with Gasteiger partial charge >= 0.3 is 5.97 Å². The average Bonchev–Trinajstić information content (AvgIpc) is 2.89. The highest BCUT2D eigenvalue weighted by Gasteiger charge is 2.15. The van der Waals surface area contributed by atoms with Crippen LogP contribution in [0, 0.1) is 0 Å². The van der Waals surface area contributed by atoms with Crippen molar-refractivity contribution < 1.29 is 19.5 Å². The van der Waals surface area contributed by atoms with Gasteiger partial charge in [0, 0.05) is 32.5 Å². The van der Waals surface area contributed by atoms with Crippen molar-refractivity contribution in [1.82, 2.24) is 10.2 Å². The second kappa shape index (κ2) is 9.81. The summed E-state index contributed by atoms with van der Waals surface area (Å²) in [7, 11) is 0. The minimum atomic E-state index is -0.960. The summed E-state index contributed by atoms with van der Waals surface area (Å²) in [6, 6.07) is 6.52. The lowest BCUT2D eigenvalue weighted by atomic mass is 10.1. The lowest BCUT2D eigenvalue weighted by molar-refractivity contribution is -0.131. The number of hydrogen-bond donors (Lipinski definition) is 2. The van der Waals surface area contributed by atoms with Crippen LogP contribution in [0.3, 0.4) is 0 Å². The van der Waals surface area contributed by atoms with E-state index in [1.165, 1.54) is 25.0 Å². The number of rotatable bonds is 7. The zero-order chi connectivity index (χ0) is 18.1. The van der Waals surface area contributed by atoms with Gasteiger partial charge in [0.05, 0.1) is 5.56 Å². The Bertz CT molecular complexity index is 590. The van der Waals surface area contributed by atoms with Crippen LogP contribution >= 0.6 is 0 Å². The molecule has 1 saturated heterocycles. The third-order valence-corrected chi connectivity index (χ3v) is 4.46. The van der Waals surface area contributed by atoms with E-state index in [2.05, 4.69) is 5.32 Å². The van der Waals surface area contributed by atoms with Crippen LogP contribution in [0.4, 0.5) is 0 Å². The van der Waals surface area contributed by atoms with Gasteiger partial charge in [-0.1, -0.05) is 25.0 Å². The van der Waals surface area contributed by atoms with Crippen LogP contribution in [-0.4, -0.2) is 47.4 Å². The maximum atomic E-state index is 12.1. The van der Waals surface area contributed by atoms with Gasteiger partial charge in [0.1, 0.15) is 0 Å². The average molecular weight is 346 g/mol. The number of amides is 2. The third-order valence-electron chi connectivity index (χ3n) is 4.46. The number of carbonyl (C=O) groups excluding carboxylic acids is 2. The molecule has 1 aliphatic rings. The summed E-state index contributed by atoms with van der Waals surface area (Å²) in [4.78, 5) is 36.7. The molecule has 1 heterocycles. The van der Waals surface area contributed by atoms with E-state index in [0.29, 0.717) is 25.8 Å². The van der Waals surface area contributed by atoms with E-state index in [-0.39, 0.29) is 17.4 Å². The molecule has 1 aromatic carbocycles. The van der Waals surface area contributed by atoms with Crippen LogP contribution in [0.15, 0.2) is 24.3 Å². The molecule has 6 nitrogen and oxygen atoms in total. The fourth-order valence-electron chi connectivity index (χ4n) is 2.95. The maximum absolute atomic E-state index is 12.1. The molecule has 6 heteroatoms. The molecule has 0 unspecified atom stereocenters. The van der Waals surface area contributed by atoms with E-state index in [9.17, 15) is 14.4 Å². The molecule has 0 radical (unpaired) electrons. The number of carboxylic acids is 1. The van der Waals surface area contributed by atoms with Crippen LogP contribution < -0.4 is 5.32 Å². The third kappa shape index (κ3) is 6.57. The largest absolute Gasteiger partial charge is 0.478 e. The topological polar surface area (TPSA) is 86.7 Å². The van der Waals surface area contributed by atoms with Gasteiger partial charge in [-0.05, 0) is 37.0 Å². The van der Waals surface area contributed by atoms with Gasteiger partial charge in [0.15, 0.2) is 0 Å². The first-order chi connectivity index (χ1) is 12.1. The van der Waals surface area contributed by atoms with Crippen LogP contribution in [0.2, 0.25) is 0 Å². The van der Waals surface area contributed by atoms with Gasteiger partial charge in [0.2, 0.25) is 11.8 Å². The van der Waals surface area contributed by atoms with E-state index in [0.717, 1.165) is 31.5 Å². The Morgan fingerprint density at radius 2 is 1.60 bits per heavy atom. The first-order valence-electron chi connectivity index (χ1n) is 8.93. The Balaban J connectivity index is 1.64. The Morgan fingerprint density at radius 1 is 0.960 bits per heavy atom. The first kappa shape index (κ1) is 19.0. The Hall–Kier alpha value is -2.37. The molecule has 2 amide bonds. The Morgan fingerprint density at radius 3 is 2.20 bits per heavy atom. The first-order valence-corrected chi connectivity index (χ1v) is 8.93. The van der Waals surface area contributed by atoms with Crippen LogP contribution in [-0.2, 0) is 16.0 Å². The van der Waals surface area contributed by atoms with Crippen LogP contribution in [0.5, 0.6) is 0 Å². The number of aromatic carboxylic acids is 1. The summed E-state index contributed by atoms with van der Waals surface area (Å²) in [6.07, 6.45) is 5.73. The van der Waals surface area contributed by atoms with Gasteiger partial charge in [-0.15, -0.1) is 0 Å². The van der Waals surface area contributed by atoms with Gasteiger partial charge in [-0.25, -0.2) is 4.79 Å². The molecular weight excluding hydrogens is 320 g/mol. The second-order valence-corrected chi connectivity index (χ2v) is 6.40. The number of nitrogens with zero attached hydrogens (tertiary/aromatic N) is 1. The van der Waals surface area contributed by atoms with E-state index in [1.807, 2.05) is 4.90 Å². The summed E-state index contributed by atoms with van der Waals surface area (Å²) in [5.41, 5.74) is 1.15. The van der Waals surface area contributed by atoms with Gasteiger partial charge in [-0.2, -0.15) is 0 Å². The van der Waals surface area contributed by atoms with E-state index < -0.39 is 5.97 Å². The number of aryl methyl sites for hydroxylation is 1. The molecule has 0 atom stereocenters. The number of carbonyl (C=O) groups is 3. The molecule has 0 saturated carbocycles. The summed E-state index contributed by atoms with van der Waals surface area (Å²) in [5.74, 6) is -0.934. The molecular formula is C19H26N2O4. The molecule has 0 aliphatic carbocycles. The number of hydrogen-bond acceptors (Lipinski definition) is 3. The van der Waals surface area contributed by atoms with Crippen molar-refractivity contribution in [3.8, 4) is 0 Å². The smallest absolute Gasteiger partial charge is 0.335 e. The van der Waals surface area contributed by atoms with Gasteiger partial charge in [0.25, 0.3) is 0 Å². The molecule has 136 valence electrons. The van der Waals surface area contributed by atoms with E-state index in [4.69, 9.17) is 5.11 Å². The minimum absolute atomic E-state index is 0.0917. The second-order valence-electron chi connectivity index (χ2n) is 6.40. The molecule has 0 aromatic heterocycles. The van der Waals surface area contributed by atoms with Crippen molar-refractivity contribution in [1.29, 1.82) is 0 Å². The van der Waals surface area contributed by atoms with E-state index >= 15 is 0 Å². The number of likely N-dealkylation sites (tertiary alicyclic amines) is 1. The van der Waals surface area contributed by atoms with Crippen molar-refractivity contribution in [2.75, 3.05) is 19.6 Å². The summed E-state index contributed by atoms with van der Waals surface area (Å²) in [6.45, 7) is 2.03. The van der Waals surface area contributed by atoms with Crippen molar-refractivity contribution in [3.05, 3.63) is 35.4 Å². The lowest BCUT2D eigenvalue weighted by Crippen LogP contribution is -2.35. The summed E-state index contributed by atoms with van der Waals surface area (Å²) in [5, 5.41) is 11.6. The molecule has 2 N–H and O–H groups in total. The lowest BCUT2D eigenvalue weighted by Gasteiger charge is -2.20. The van der Waals surface area contributed by atoms with Crippen LogP contribution in [0.25, 0.3) is 0 Å². The molecule has 0 bridgehead atoms. The van der Waals surface area contributed by atoms with Crippen molar-refractivity contribution in [2.45, 2.75) is 44.9 Å². The zero-order valence-electron chi connectivity index (χ0n) is 14.5. The number of carboxylic acid groups (broad SMARTS) is 1. The Kier molecular flexibility index (Phi) is 7.44. The minimum Gasteiger partial charge on any atom is -0.478 e. The SMILES string of the molecule is O=C(CCc1ccc(C(=O)O)cc1)NCCC(=O)N1CCCCCC1. The maximum Gasteiger partial charge on any atom is 0.335 e. The van der Waals surface area contributed by atoms with Gasteiger partial charge < -0.3 is 15.3 Å². The quantitative estimate of drug-likeness (QED) is 0.792. The van der Waals surface area contributed by atoms with Crippen molar-refractivity contribution in [2.24, 2.45) is 0 Å². The number of benzene rings is 1. The number of nitrogens with one attached hydrogen (secondary N) is 1. The van der Waals surface area contributed by atoms with E-state index in [1.54, 1.807) is 12.1 Å². The fourth-order valence-corrected chi connectivity index (χ4v) is 2.95. The predicted octanol–water partition coefficient (Wildman–Crippen LogP) is 2.23. The van der Waals surface area contributed by atoms with Gasteiger partial charge in [-0.3, -0.25) is 9.59 Å². The highest BCUT2D eigenvalue weighted by atomic mass is 16.4. The Labute approximate surface area is 148 Å². The monoisotopic (exact) mass is 346 g/mol. The highest BCUT2D eigenvalue weighted by Crippen LogP contribution is 2.10. The fraction of sp³-hybridized carbons (Fsp3) is 0.526. The van der Waals surface area contributed by atoms with Crippen LogP contribution in [0.1, 0.15) is 54.4 Å².